The lowest BCUT2D eigenvalue weighted by atomic mass is 10.0. The molecular formula is C29H25O2S+. The summed E-state index contributed by atoms with van der Waals surface area (Å²) in [5, 5.41) is 15.5. The number of rotatable bonds is 7. The van der Waals surface area contributed by atoms with E-state index in [-0.39, 0.29) is 17.5 Å². The molecule has 0 saturated heterocycles. The van der Waals surface area contributed by atoms with Crippen molar-refractivity contribution in [3.8, 4) is 5.75 Å². The van der Waals surface area contributed by atoms with E-state index in [1.165, 1.54) is 9.79 Å². The third kappa shape index (κ3) is 4.36. The van der Waals surface area contributed by atoms with E-state index in [2.05, 4.69) is 78.9 Å². The van der Waals surface area contributed by atoms with E-state index in [9.17, 15) is 5.11 Å². The Labute approximate surface area is 191 Å². The molecule has 158 valence electrons. The molecule has 0 heterocycles. The van der Waals surface area contributed by atoms with Crippen LogP contribution in [0.2, 0.25) is 0 Å². The summed E-state index contributed by atoms with van der Waals surface area (Å²) in [6.45, 7) is 0.251. The van der Waals surface area contributed by atoms with Gasteiger partial charge in [-0.3, -0.25) is 0 Å². The molecule has 5 aromatic carbocycles. The normalized spacial score (nSPS) is 12.3. The number of aliphatic hydroxyl groups is 1. The summed E-state index contributed by atoms with van der Waals surface area (Å²) in [4.78, 5) is 2.46. The molecule has 3 heteroatoms. The van der Waals surface area contributed by atoms with Crippen LogP contribution >= 0.6 is 0 Å². The van der Waals surface area contributed by atoms with Gasteiger partial charge >= 0.3 is 0 Å². The monoisotopic (exact) mass is 437 g/mol. The van der Waals surface area contributed by atoms with Crippen molar-refractivity contribution >= 4 is 32.4 Å². The largest absolute Gasteiger partial charge is 0.489 e. The Morgan fingerprint density at radius 1 is 0.625 bits per heavy atom. The van der Waals surface area contributed by atoms with E-state index in [1.807, 2.05) is 36.4 Å². The zero-order valence-electron chi connectivity index (χ0n) is 17.7. The average molecular weight is 438 g/mol. The summed E-state index contributed by atoms with van der Waals surface area (Å²) in [5.74, 6) is 1.47. The molecule has 1 N–H and O–H groups in total. The highest BCUT2D eigenvalue weighted by atomic mass is 32.2. The first-order valence-electron chi connectivity index (χ1n) is 10.8. The second-order valence-corrected chi connectivity index (χ2v) is 9.85. The smallest absolute Gasteiger partial charge is 0.160 e. The van der Waals surface area contributed by atoms with Crippen LogP contribution < -0.4 is 4.74 Å². The highest BCUT2D eigenvalue weighted by Gasteiger charge is 2.29. The van der Waals surface area contributed by atoms with E-state index in [0.717, 1.165) is 27.3 Å². The van der Waals surface area contributed by atoms with Gasteiger partial charge in [0.05, 0.1) is 10.9 Å². The van der Waals surface area contributed by atoms with Gasteiger partial charge in [-0.25, -0.2) is 0 Å². The molecule has 2 nitrogen and oxygen atoms in total. The lowest BCUT2D eigenvalue weighted by Gasteiger charge is -2.17. The van der Waals surface area contributed by atoms with Crippen LogP contribution in [0.15, 0.2) is 125 Å². The van der Waals surface area contributed by atoms with Crippen LogP contribution in [0, 0.1) is 0 Å². The predicted molar refractivity (Wildman–Crippen MR) is 135 cm³/mol. The second-order valence-electron chi connectivity index (χ2n) is 7.80. The van der Waals surface area contributed by atoms with Gasteiger partial charge in [-0.2, -0.15) is 0 Å². The molecule has 0 radical (unpaired) electrons. The molecule has 1 unspecified atom stereocenters. The van der Waals surface area contributed by atoms with Crippen LogP contribution in [0.4, 0.5) is 0 Å². The number of benzene rings is 5. The van der Waals surface area contributed by atoms with Crippen LogP contribution in [0.3, 0.4) is 0 Å². The fraction of sp³-hybridized carbons (Fsp3) is 0.103. The van der Waals surface area contributed by atoms with Crippen molar-refractivity contribution < 1.29 is 9.84 Å². The van der Waals surface area contributed by atoms with Crippen LogP contribution in [0.1, 0.15) is 0 Å². The lowest BCUT2D eigenvalue weighted by molar-refractivity contribution is 0.127. The molecule has 0 saturated carbocycles. The fourth-order valence-electron chi connectivity index (χ4n) is 4.05. The third-order valence-electron chi connectivity index (χ3n) is 5.56. The Balaban J connectivity index is 1.41. The molecule has 0 aromatic heterocycles. The van der Waals surface area contributed by atoms with Gasteiger partial charge < -0.3 is 9.84 Å². The fourth-order valence-corrected chi connectivity index (χ4v) is 6.15. The highest BCUT2D eigenvalue weighted by molar-refractivity contribution is 7.97. The van der Waals surface area contributed by atoms with E-state index in [0.29, 0.717) is 5.75 Å². The van der Waals surface area contributed by atoms with Crippen LogP contribution in [-0.2, 0) is 10.9 Å². The van der Waals surface area contributed by atoms with Crippen molar-refractivity contribution in [3.05, 3.63) is 115 Å². The van der Waals surface area contributed by atoms with Crippen molar-refractivity contribution in [1.82, 2.24) is 0 Å². The first kappa shape index (κ1) is 20.6. The molecule has 0 aliphatic carbocycles. The van der Waals surface area contributed by atoms with E-state index >= 15 is 0 Å². The zero-order valence-corrected chi connectivity index (χ0v) is 18.5. The van der Waals surface area contributed by atoms with Gasteiger partial charge in [-0.05, 0) is 41.1 Å². The van der Waals surface area contributed by atoms with Crippen LogP contribution in [0.5, 0.6) is 5.75 Å². The van der Waals surface area contributed by atoms with Gasteiger partial charge in [-0.15, -0.1) is 0 Å². The van der Waals surface area contributed by atoms with E-state index < -0.39 is 6.10 Å². The Bertz CT molecular complexity index is 1230. The maximum Gasteiger partial charge on any atom is 0.160 e. The summed E-state index contributed by atoms with van der Waals surface area (Å²) in [5.41, 5.74) is 0. The molecular weight excluding hydrogens is 412 g/mol. The number of fused-ring (bicyclic) bond motifs is 2. The number of ether oxygens (including phenoxy) is 1. The molecule has 0 amide bonds. The first-order valence-corrected chi connectivity index (χ1v) is 12.2. The molecule has 0 bridgehead atoms. The predicted octanol–water partition coefficient (Wildman–Crippen LogP) is 6.47. The van der Waals surface area contributed by atoms with Gasteiger partial charge in [-0.1, -0.05) is 84.9 Å². The van der Waals surface area contributed by atoms with E-state index in [1.54, 1.807) is 0 Å². The minimum absolute atomic E-state index is 0.223. The minimum Gasteiger partial charge on any atom is -0.489 e. The van der Waals surface area contributed by atoms with Crippen molar-refractivity contribution in [2.24, 2.45) is 0 Å². The third-order valence-corrected chi connectivity index (χ3v) is 7.96. The summed E-state index contributed by atoms with van der Waals surface area (Å²) in [6.07, 6.45) is -0.587. The molecule has 5 rings (SSSR count). The lowest BCUT2D eigenvalue weighted by Crippen LogP contribution is -2.27. The number of hydrogen-bond donors (Lipinski definition) is 1. The van der Waals surface area contributed by atoms with Crippen molar-refractivity contribution in [1.29, 1.82) is 0 Å². The highest BCUT2D eigenvalue weighted by Crippen LogP contribution is 2.35. The topological polar surface area (TPSA) is 29.5 Å². The number of hydrogen-bond acceptors (Lipinski definition) is 2. The molecule has 0 fully saturated rings. The van der Waals surface area contributed by atoms with Gasteiger partial charge in [0.1, 0.15) is 24.2 Å². The Morgan fingerprint density at radius 2 is 1.09 bits per heavy atom. The van der Waals surface area contributed by atoms with Crippen molar-refractivity contribution in [3.63, 3.8) is 0 Å². The minimum atomic E-state index is -0.587. The molecule has 5 aromatic rings. The van der Waals surface area contributed by atoms with Gasteiger partial charge in [0.2, 0.25) is 0 Å². The Hall–Kier alpha value is -3.27. The molecule has 0 spiro atoms. The molecule has 1 atom stereocenters. The van der Waals surface area contributed by atoms with E-state index in [4.69, 9.17) is 4.74 Å². The van der Waals surface area contributed by atoms with Gasteiger partial charge in [0.25, 0.3) is 0 Å². The summed E-state index contributed by atoms with van der Waals surface area (Å²) in [7, 11) is -0.223. The SMILES string of the molecule is OC(COc1c2ccccc2cc2ccccc12)C[S+](c1ccccc1)c1ccccc1. The van der Waals surface area contributed by atoms with Crippen LogP contribution in [-0.4, -0.2) is 23.6 Å². The standard InChI is InChI=1S/C29H25O2S/c30-24(21-32(25-13-3-1-4-14-25)26-15-5-2-6-16-26)20-31-29-27-17-9-7-11-22(27)19-23-12-8-10-18-28(23)29/h1-19,24,30H,20-21H2/q+1. The summed E-state index contributed by atoms with van der Waals surface area (Å²) < 4.78 is 6.32. The summed E-state index contributed by atoms with van der Waals surface area (Å²) in [6, 6.07) is 39.6. The quantitative estimate of drug-likeness (QED) is 0.234. The second kappa shape index (κ2) is 9.47. The maximum absolute atomic E-state index is 11.0. The summed E-state index contributed by atoms with van der Waals surface area (Å²) >= 11 is 0. The Kier molecular flexibility index (Phi) is 6.11. The zero-order chi connectivity index (χ0) is 21.8. The average Bonchev–Trinajstić information content (AvgIpc) is 2.86. The molecule has 0 aliphatic rings. The van der Waals surface area contributed by atoms with Gasteiger partial charge in [0.15, 0.2) is 9.79 Å². The van der Waals surface area contributed by atoms with Crippen molar-refractivity contribution in [2.75, 3.05) is 12.4 Å². The van der Waals surface area contributed by atoms with Gasteiger partial charge in [0, 0.05) is 10.8 Å². The Morgan fingerprint density at radius 3 is 1.62 bits per heavy atom. The number of aliphatic hydroxyl groups excluding tert-OH is 1. The van der Waals surface area contributed by atoms with Crippen molar-refractivity contribution in [2.45, 2.75) is 15.9 Å². The maximum atomic E-state index is 11.0. The molecule has 0 aliphatic heterocycles. The van der Waals surface area contributed by atoms with Crippen LogP contribution in [0.25, 0.3) is 21.5 Å². The first-order chi connectivity index (χ1) is 15.8. The molecule has 32 heavy (non-hydrogen) atoms.